The SMILES string of the molecule is C[C@H](Oc1cccc(Cl)c1Cl)C(=O)N1CCN(c2ccc(S(=O)(=O)Nc3nccs3)cc2)CC1.[HH].[HH]. The summed E-state index contributed by atoms with van der Waals surface area (Å²) in [4.78, 5) is 20.8. The van der Waals surface area contributed by atoms with Gasteiger partial charge in [0.2, 0.25) is 0 Å². The van der Waals surface area contributed by atoms with Gasteiger partial charge in [-0.05, 0) is 43.3 Å². The van der Waals surface area contributed by atoms with Crippen LogP contribution < -0.4 is 14.4 Å². The van der Waals surface area contributed by atoms with Crippen molar-refractivity contribution in [2.45, 2.75) is 17.9 Å². The summed E-state index contributed by atoms with van der Waals surface area (Å²) in [5, 5.41) is 2.66. The van der Waals surface area contributed by atoms with Crippen LogP contribution in [-0.2, 0) is 14.8 Å². The zero-order valence-electron chi connectivity index (χ0n) is 18.1. The molecule has 4 rings (SSSR count). The second-order valence-corrected chi connectivity index (χ2v) is 10.9. The lowest BCUT2D eigenvalue weighted by molar-refractivity contribution is -0.138. The number of nitrogens with one attached hydrogen (secondary N) is 1. The summed E-state index contributed by atoms with van der Waals surface area (Å²) in [7, 11) is -3.70. The number of ether oxygens (including phenoxy) is 1. The van der Waals surface area contributed by atoms with Crippen molar-refractivity contribution in [1.82, 2.24) is 9.88 Å². The predicted octanol–water partition coefficient (Wildman–Crippen LogP) is 4.86. The summed E-state index contributed by atoms with van der Waals surface area (Å²) in [5.41, 5.74) is 0.885. The number of sulfonamides is 1. The van der Waals surface area contributed by atoms with Gasteiger partial charge in [0, 0.05) is 46.3 Å². The zero-order chi connectivity index (χ0) is 24.3. The summed E-state index contributed by atoms with van der Waals surface area (Å²) in [6, 6.07) is 11.7. The van der Waals surface area contributed by atoms with Crippen molar-refractivity contribution in [2.24, 2.45) is 0 Å². The van der Waals surface area contributed by atoms with E-state index in [0.29, 0.717) is 42.1 Å². The first-order valence-electron chi connectivity index (χ1n) is 10.4. The van der Waals surface area contributed by atoms with E-state index in [4.69, 9.17) is 27.9 Å². The lowest BCUT2D eigenvalue weighted by Gasteiger charge is -2.37. The molecule has 12 heteroatoms. The van der Waals surface area contributed by atoms with Crippen LogP contribution in [-0.4, -0.2) is 56.5 Å². The van der Waals surface area contributed by atoms with Gasteiger partial charge >= 0.3 is 0 Å². The van der Waals surface area contributed by atoms with Gasteiger partial charge in [-0.25, -0.2) is 13.4 Å². The van der Waals surface area contributed by atoms with Gasteiger partial charge in [0.25, 0.3) is 15.9 Å². The van der Waals surface area contributed by atoms with Gasteiger partial charge in [0.1, 0.15) is 10.8 Å². The molecule has 1 amide bonds. The van der Waals surface area contributed by atoms with Gasteiger partial charge in [-0.15, -0.1) is 11.3 Å². The van der Waals surface area contributed by atoms with Gasteiger partial charge in [0.05, 0.1) is 9.92 Å². The van der Waals surface area contributed by atoms with Crippen molar-refractivity contribution in [3.8, 4) is 5.75 Å². The largest absolute Gasteiger partial charge is 0.479 e. The Kier molecular flexibility index (Phi) is 7.51. The average Bonchev–Trinajstić information content (AvgIpc) is 3.34. The normalized spacial score (nSPS) is 15.1. The number of amides is 1. The van der Waals surface area contributed by atoms with Crippen LogP contribution >= 0.6 is 34.5 Å². The number of aromatic nitrogens is 1. The van der Waals surface area contributed by atoms with Crippen molar-refractivity contribution < 1.29 is 20.8 Å². The molecule has 1 atom stereocenters. The van der Waals surface area contributed by atoms with Gasteiger partial charge in [-0.1, -0.05) is 29.3 Å². The molecule has 0 unspecified atom stereocenters. The first kappa shape index (κ1) is 24.6. The average molecular weight is 546 g/mol. The maximum absolute atomic E-state index is 12.9. The van der Waals surface area contributed by atoms with E-state index in [-0.39, 0.29) is 18.7 Å². The summed E-state index contributed by atoms with van der Waals surface area (Å²) in [6.45, 7) is 3.94. The molecule has 0 aliphatic carbocycles. The van der Waals surface area contributed by atoms with Gasteiger partial charge in [-0.2, -0.15) is 0 Å². The molecule has 1 aliphatic rings. The Morgan fingerprint density at radius 1 is 1.15 bits per heavy atom. The minimum absolute atomic E-state index is 0. The van der Waals surface area contributed by atoms with Crippen LogP contribution in [0.4, 0.5) is 10.8 Å². The lowest BCUT2D eigenvalue weighted by Crippen LogP contribution is -2.52. The Balaban J connectivity index is 0.00000228. The summed E-state index contributed by atoms with van der Waals surface area (Å²) >= 11 is 13.4. The third-order valence-electron chi connectivity index (χ3n) is 5.33. The summed E-state index contributed by atoms with van der Waals surface area (Å²) < 4.78 is 33.2. The molecule has 0 bridgehead atoms. The van der Waals surface area contributed by atoms with Crippen molar-refractivity contribution in [3.63, 3.8) is 0 Å². The van der Waals surface area contributed by atoms with Crippen molar-refractivity contribution >= 4 is 61.3 Å². The Bertz CT molecular complexity index is 1260. The van der Waals surface area contributed by atoms with Crippen LogP contribution in [0.15, 0.2) is 58.9 Å². The molecule has 34 heavy (non-hydrogen) atoms. The number of benzene rings is 2. The second kappa shape index (κ2) is 10.4. The standard InChI is InChI=1S/C22H22Cl2N4O4S2.2H2/c1-15(32-19-4-2-3-18(23)20(19)24)21(29)28-12-10-27(11-13-28)16-5-7-17(8-6-16)34(30,31)26-22-25-9-14-33-22;;/h2-9,14-15H,10-13H2,1H3,(H,25,26);2*1H/t15-;;/m0../s1. The number of nitrogens with zero attached hydrogens (tertiary/aromatic N) is 3. The molecular formula is C22H26Cl2N4O4S2. The quantitative estimate of drug-likeness (QED) is 0.456. The van der Waals surface area contributed by atoms with Crippen LogP contribution in [0.3, 0.4) is 0 Å². The topological polar surface area (TPSA) is 91.8 Å². The van der Waals surface area contributed by atoms with Gasteiger partial charge < -0.3 is 14.5 Å². The highest BCUT2D eigenvalue weighted by molar-refractivity contribution is 7.93. The molecule has 3 aromatic rings. The molecule has 1 saturated heterocycles. The third kappa shape index (κ3) is 5.57. The van der Waals surface area contributed by atoms with E-state index in [9.17, 15) is 13.2 Å². The number of rotatable bonds is 7. The smallest absolute Gasteiger partial charge is 0.263 e. The first-order valence-corrected chi connectivity index (χ1v) is 13.5. The lowest BCUT2D eigenvalue weighted by atomic mass is 10.2. The summed E-state index contributed by atoms with van der Waals surface area (Å²) in [5.74, 6) is 0.235. The highest BCUT2D eigenvalue weighted by atomic mass is 35.5. The molecule has 1 aliphatic heterocycles. The van der Waals surface area contributed by atoms with E-state index >= 15 is 0 Å². The highest BCUT2D eigenvalue weighted by Crippen LogP contribution is 2.32. The number of thiazole rings is 1. The fraction of sp³-hybridized carbons (Fsp3) is 0.273. The second-order valence-electron chi connectivity index (χ2n) is 7.56. The Morgan fingerprint density at radius 3 is 2.50 bits per heavy atom. The van der Waals surface area contributed by atoms with E-state index < -0.39 is 16.1 Å². The number of carbonyl (C=O) groups is 1. The molecule has 1 fully saturated rings. The molecule has 8 nitrogen and oxygen atoms in total. The fourth-order valence-electron chi connectivity index (χ4n) is 3.54. The predicted molar refractivity (Wildman–Crippen MR) is 139 cm³/mol. The minimum Gasteiger partial charge on any atom is -0.479 e. The van der Waals surface area contributed by atoms with E-state index in [1.807, 2.05) is 0 Å². The Hall–Kier alpha value is -2.53. The number of halogens is 2. The van der Waals surface area contributed by atoms with Crippen molar-refractivity contribution in [2.75, 3.05) is 35.8 Å². The first-order chi connectivity index (χ1) is 16.2. The minimum atomic E-state index is -3.70. The van der Waals surface area contributed by atoms with Crippen LogP contribution in [0.1, 0.15) is 9.78 Å². The van der Waals surface area contributed by atoms with Crippen LogP contribution in [0, 0.1) is 0 Å². The van der Waals surface area contributed by atoms with Crippen LogP contribution in [0.25, 0.3) is 0 Å². The number of piperazine rings is 1. The van der Waals surface area contributed by atoms with E-state index in [0.717, 1.165) is 5.69 Å². The molecule has 1 N–H and O–H groups in total. The molecule has 184 valence electrons. The van der Waals surface area contributed by atoms with Crippen LogP contribution in [0.5, 0.6) is 5.75 Å². The molecular weight excluding hydrogens is 519 g/mol. The number of hydrogen-bond acceptors (Lipinski definition) is 7. The molecule has 1 aromatic heterocycles. The molecule has 0 saturated carbocycles. The van der Waals surface area contributed by atoms with E-state index in [1.54, 1.807) is 59.7 Å². The molecule has 0 radical (unpaired) electrons. The molecule has 2 heterocycles. The highest BCUT2D eigenvalue weighted by Gasteiger charge is 2.27. The maximum atomic E-state index is 12.9. The molecule has 0 spiro atoms. The van der Waals surface area contributed by atoms with Crippen LogP contribution in [0.2, 0.25) is 10.0 Å². The van der Waals surface area contributed by atoms with Gasteiger partial charge in [0.15, 0.2) is 11.2 Å². The van der Waals surface area contributed by atoms with E-state index in [1.165, 1.54) is 17.5 Å². The maximum Gasteiger partial charge on any atom is 0.263 e. The monoisotopic (exact) mass is 544 g/mol. The Morgan fingerprint density at radius 2 is 1.85 bits per heavy atom. The summed E-state index contributed by atoms with van der Waals surface area (Å²) in [6.07, 6.45) is 0.826. The molecule has 2 aromatic carbocycles. The number of anilines is 2. The van der Waals surface area contributed by atoms with Crippen molar-refractivity contribution in [3.05, 3.63) is 64.1 Å². The Labute approximate surface area is 215 Å². The van der Waals surface area contributed by atoms with Gasteiger partial charge in [-0.3, -0.25) is 9.52 Å². The number of carbonyl (C=O) groups excluding carboxylic acids is 1. The third-order valence-corrected chi connectivity index (χ3v) is 8.30. The van der Waals surface area contributed by atoms with Crippen molar-refractivity contribution in [1.29, 1.82) is 0 Å². The number of hydrogen-bond donors (Lipinski definition) is 1. The van der Waals surface area contributed by atoms with E-state index in [2.05, 4.69) is 14.6 Å². The zero-order valence-corrected chi connectivity index (χ0v) is 21.3. The fourth-order valence-corrected chi connectivity index (χ4v) is 5.67.